The largest absolute Gasteiger partial charge is 0.394 e. The number of amides is 1. The molecule has 1 unspecified atom stereocenters. The zero-order valence-electron chi connectivity index (χ0n) is 13.7. The van der Waals surface area contributed by atoms with Crippen LogP contribution in [0.2, 0.25) is 0 Å². The van der Waals surface area contributed by atoms with Crippen molar-refractivity contribution in [2.24, 2.45) is 23.2 Å². The van der Waals surface area contributed by atoms with E-state index >= 15 is 0 Å². The molecular weight excluding hydrogens is 286 g/mol. The minimum absolute atomic E-state index is 0.00694. The molecule has 4 saturated carbocycles. The molecule has 0 heterocycles. The number of aliphatic hydroxyl groups excluding tert-OH is 1. The zero-order valence-corrected chi connectivity index (χ0v) is 13.7. The predicted molar refractivity (Wildman–Crippen MR) is 89.8 cm³/mol. The van der Waals surface area contributed by atoms with Crippen molar-refractivity contribution in [3.8, 4) is 0 Å². The molecule has 0 radical (unpaired) electrons. The number of rotatable bonds is 5. The molecule has 0 aromatic heterocycles. The lowest BCUT2D eigenvalue weighted by Gasteiger charge is -2.55. The fraction of sp³-hybridized carbons (Fsp3) is 0.650. The van der Waals surface area contributed by atoms with E-state index in [2.05, 4.69) is 17.4 Å². The van der Waals surface area contributed by atoms with Gasteiger partial charge >= 0.3 is 0 Å². The van der Waals surface area contributed by atoms with Gasteiger partial charge in [-0.15, -0.1) is 0 Å². The number of hydrogen-bond acceptors (Lipinski definition) is 2. The second-order valence-electron chi connectivity index (χ2n) is 8.24. The average molecular weight is 313 g/mol. The molecule has 1 aromatic rings. The molecule has 1 atom stereocenters. The highest BCUT2D eigenvalue weighted by atomic mass is 16.3. The van der Waals surface area contributed by atoms with E-state index in [1.807, 2.05) is 18.2 Å². The lowest BCUT2D eigenvalue weighted by Crippen LogP contribution is -2.55. The van der Waals surface area contributed by atoms with E-state index in [1.54, 1.807) is 0 Å². The van der Waals surface area contributed by atoms with Gasteiger partial charge in [0.1, 0.15) is 0 Å². The molecule has 2 N–H and O–H groups in total. The highest BCUT2D eigenvalue weighted by molar-refractivity contribution is 5.83. The molecule has 4 aliphatic carbocycles. The van der Waals surface area contributed by atoms with Crippen molar-refractivity contribution in [2.45, 2.75) is 51.0 Å². The van der Waals surface area contributed by atoms with E-state index in [0.29, 0.717) is 6.42 Å². The smallest absolute Gasteiger partial charge is 0.226 e. The number of benzene rings is 1. The maximum Gasteiger partial charge on any atom is 0.226 e. The zero-order chi connectivity index (χ0) is 15.9. The number of aliphatic hydroxyl groups is 1. The molecule has 4 aliphatic rings. The van der Waals surface area contributed by atoms with E-state index in [4.69, 9.17) is 0 Å². The molecule has 1 aromatic carbocycles. The normalized spacial score (nSPS) is 36.0. The average Bonchev–Trinajstić information content (AvgIpc) is 2.54. The summed E-state index contributed by atoms with van der Waals surface area (Å²) in [4.78, 5) is 13.0. The van der Waals surface area contributed by atoms with Gasteiger partial charge in [-0.2, -0.15) is 0 Å². The van der Waals surface area contributed by atoms with Crippen LogP contribution < -0.4 is 5.32 Å². The van der Waals surface area contributed by atoms with Crippen LogP contribution in [0.15, 0.2) is 30.3 Å². The van der Waals surface area contributed by atoms with Crippen molar-refractivity contribution in [1.82, 2.24) is 5.32 Å². The van der Waals surface area contributed by atoms with Crippen LogP contribution in [-0.2, 0) is 11.2 Å². The molecule has 4 fully saturated rings. The van der Waals surface area contributed by atoms with Crippen molar-refractivity contribution in [3.05, 3.63) is 35.9 Å². The standard InChI is InChI=1S/C20H27NO2/c22-13-18(9-14-4-2-1-3-5-14)21-19(23)20-10-15-6-16(11-20)8-17(7-15)12-20/h1-5,15-18,22H,6-13H2,(H,21,23). The first-order valence-electron chi connectivity index (χ1n) is 9.12. The molecule has 0 spiro atoms. The van der Waals surface area contributed by atoms with E-state index in [0.717, 1.165) is 42.6 Å². The van der Waals surface area contributed by atoms with Crippen LogP contribution in [-0.4, -0.2) is 23.7 Å². The second kappa shape index (κ2) is 5.94. The van der Waals surface area contributed by atoms with Crippen molar-refractivity contribution in [1.29, 1.82) is 0 Å². The molecule has 0 saturated heterocycles. The predicted octanol–water partition coefficient (Wildman–Crippen LogP) is 2.92. The summed E-state index contributed by atoms with van der Waals surface area (Å²) in [6.07, 6.45) is 7.98. The summed E-state index contributed by atoms with van der Waals surface area (Å²) in [7, 11) is 0. The summed E-state index contributed by atoms with van der Waals surface area (Å²) in [6.45, 7) is 0.00694. The third-order valence-electron chi connectivity index (χ3n) is 6.40. The summed E-state index contributed by atoms with van der Waals surface area (Å²) in [6, 6.07) is 9.94. The van der Waals surface area contributed by atoms with E-state index in [-0.39, 0.29) is 24.0 Å². The summed E-state index contributed by atoms with van der Waals surface area (Å²) in [5, 5.41) is 12.9. The third-order valence-corrected chi connectivity index (χ3v) is 6.40. The van der Waals surface area contributed by atoms with Crippen LogP contribution in [0.1, 0.15) is 44.1 Å². The Hall–Kier alpha value is -1.35. The number of carbonyl (C=O) groups excluding carboxylic acids is 1. The number of nitrogens with one attached hydrogen (secondary N) is 1. The van der Waals surface area contributed by atoms with Gasteiger partial charge in [-0.1, -0.05) is 30.3 Å². The Morgan fingerprint density at radius 3 is 2.17 bits per heavy atom. The first kappa shape index (κ1) is 15.2. The van der Waals surface area contributed by atoms with Gasteiger partial charge in [-0.05, 0) is 68.3 Å². The Kier molecular flexibility index (Phi) is 3.92. The van der Waals surface area contributed by atoms with E-state index in [1.165, 1.54) is 19.3 Å². The van der Waals surface area contributed by atoms with Gasteiger partial charge in [-0.3, -0.25) is 4.79 Å². The SMILES string of the molecule is O=C(NC(CO)Cc1ccccc1)C12CC3CC(CC(C3)C1)C2. The van der Waals surface area contributed by atoms with Crippen LogP contribution in [0.25, 0.3) is 0 Å². The molecule has 23 heavy (non-hydrogen) atoms. The molecule has 124 valence electrons. The van der Waals surface area contributed by atoms with Gasteiger partial charge in [0.25, 0.3) is 0 Å². The van der Waals surface area contributed by atoms with E-state index < -0.39 is 0 Å². The Labute approximate surface area is 138 Å². The van der Waals surface area contributed by atoms with Gasteiger partial charge in [0.2, 0.25) is 5.91 Å². The maximum absolute atomic E-state index is 13.0. The quantitative estimate of drug-likeness (QED) is 0.878. The monoisotopic (exact) mass is 313 g/mol. The summed E-state index contributed by atoms with van der Waals surface area (Å²) in [5.74, 6) is 2.53. The van der Waals surface area contributed by atoms with Gasteiger partial charge in [0, 0.05) is 5.41 Å². The number of hydrogen-bond donors (Lipinski definition) is 2. The lowest BCUT2D eigenvalue weighted by molar-refractivity contribution is -0.147. The highest BCUT2D eigenvalue weighted by Gasteiger charge is 2.54. The van der Waals surface area contributed by atoms with Gasteiger partial charge < -0.3 is 10.4 Å². The van der Waals surface area contributed by atoms with Crippen molar-refractivity contribution >= 4 is 5.91 Å². The van der Waals surface area contributed by atoms with E-state index in [9.17, 15) is 9.90 Å². The molecule has 4 bridgehead atoms. The first-order valence-corrected chi connectivity index (χ1v) is 9.12. The van der Waals surface area contributed by atoms with Crippen LogP contribution in [0.3, 0.4) is 0 Å². The fourth-order valence-corrected chi connectivity index (χ4v) is 5.79. The summed E-state index contributed by atoms with van der Waals surface area (Å²) in [5.41, 5.74) is 1.04. The minimum atomic E-state index is -0.169. The Bertz CT molecular complexity index is 533. The molecular formula is C20H27NO2. The van der Waals surface area contributed by atoms with Crippen LogP contribution in [0.4, 0.5) is 0 Å². The first-order chi connectivity index (χ1) is 11.2. The minimum Gasteiger partial charge on any atom is -0.394 e. The number of carbonyl (C=O) groups is 1. The van der Waals surface area contributed by atoms with Crippen molar-refractivity contribution in [3.63, 3.8) is 0 Å². The molecule has 0 aliphatic heterocycles. The van der Waals surface area contributed by atoms with Crippen LogP contribution in [0.5, 0.6) is 0 Å². The second-order valence-corrected chi connectivity index (χ2v) is 8.24. The molecule has 3 nitrogen and oxygen atoms in total. The van der Waals surface area contributed by atoms with Gasteiger partial charge in [0.05, 0.1) is 12.6 Å². The molecule has 1 amide bonds. The lowest BCUT2D eigenvalue weighted by atomic mass is 9.49. The maximum atomic E-state index is 13.0. The van der Waals surface area contributed by atoms with Crippen molar-refractivity contribution < 1.29 is 9.90 Å². The van der Waals surface area contributed by atoms with Crippen LogP contribution in [0, 0.1) is 23.2 Å². The Balaban J connectivity index is 1.44. The summed E-state index contributed by atoms with van der Waals surface area (Å²) >= 11 is 0. The Morgan fingerprint density at radius 2 is 1.65 bits per heavy atom. The fourth-order valence-electron chi connectivity index (χ4n) is 5.79. The van der Waals surface area contributed by atoms with Gasteiger partial charge in [-0.25, -0.2) is 0 Å². The van der Waals surface area contributed by atoms with Gasteiger partial charge in [0.15, 0.2) is 0 Å². The Morgan fingerprint density at radius 1 is 1.09 bits per heavy atom. The third kappa shape index (κ3) is 2.91. The van der Waals surface area contributed by atoms with Crippen molar-refractivity contribution in [2.75, 3.05) is 6.61 Å². The topological polar surface area (TPSA) is 49.3 Å². The van der Waals surface area contributed by atoms with Crippen LogP contribution >= 0.6 is 0 Å². The molecule has 5 rings (SSSR count). The molecule has 3 heteroatoms. The highest BCUT2D eigenvalue weighted by Crippen LogP contribution is 2.60. The summed E-state index contributed by atoms with van der Waals surface area (Å²) < 4.78 is 0.